The summed E-state index contributed by atoms with van der Waals surface area (Å²) in [6, 6.07) is 24.7. The molecule has 0 aliphatic heterocycles. The van der Waals surface area contributed by atoms with Gasteiger partial charge in [0.05, 0.1) is 11.6 Å². The Morgan fingerprint density at radius 1 is 0.808 bits per heavy atom. The number of para-hydroxylation sites is 2. The number of rotatable bonds is 2. The molecule has 0 radical (unpaired) electrons. The third-order valence-electron chi connectivity index (χ3n) is 5.38. The Morgan fingerprint density at radius 3 is 2.42 bits per heavy atom. The number of hydrogen-bond acceptors (Lipinski definition) is 0. The van der Waals surface area contributed by atoms with E-state index in [0.29, 0.717) is 6.04 Å². The van der Waals surface area contributed by atoms with E-state index in [-0.39, 0.29) is 0 Å². The molecule has 5 rings (SSSR count). The molecule has 1 heteroatoms. The zero-order valence-corrected chi connectivity index (χ0v) is 14.9. The summed E-state index contributed by atoms with van der Waals surface area (Å²) in [5.74, 6) is 0. The number of nitrogens with zero attached hydrogens (tertiary/aromatic N) is 1. The van der Waals surface area contributed by atoms with Crippen LogP contribution in [0, 0.1) is 6.92 Å². The van der Waals surface area contributed by atoms with Gasteiger partial charge in [-0.3, -0.25) is 0 Å². The van der Waals surface area contributed by atoms with Crippen LogP contribution in [0.2, 0.25) is 0 Å². The van der Waals surface area contributed by atoms with Crippen molar-refractivity contribution in [2.45, 2.75) is 19.4 Å². The van der Waals surface area contributed by atoms with E-state index in [0.717, 1.165) is 6.42 Å². The molecule has 1 aromatic heterocycles. The van der Waals surface area contributed by atoms with Crippen LogP contribution < -0.4 is 0 Å². The van der Waals surface area contributed by atoms with Gasteiger partial charge in [0, 0.05) is 21.9 Å². The predicted molar refractivity (Wildman–Crippen MR) is 112 cm³/mol. The largest absolute Gasteiger partial charge is 0.333 e. The van der Waals surface area contributed by atoms with E-state index in [1.54, 1.807) is 0 Å². The normalized spacial score (nSPS) is 16.6. The standard InChI is InChI=1S/C25H21N/c1-18-14-16-19(17-15-18)21-11-7-12-23-22-10-5-6-13-24(22)26(25(21)23)20-8-3-2-4-9-20/h2-8,10-17,20H,9H2,1H3. The van der Waals surface area contributed by atoms with Crippen LogP contribution in [0.5, 0.6) is 0 Å². The van der Waals surface area contributed by atoms with E-state index < -0.39 is 0 Å². The molecular weight excluding hydrogens is 314 g/mol. The monoisotopic (exact) mass is 335 g/mol. The minimum atomic E-state index is 0.356. The highest BCUT2D eigenvalue weighted by Crippen LogP contribution is 2.39. The van der Waals surface area contributed by atoms with Gasteiger partial charge in [0.2, 0.25) is 0 Å². The maximum Gasteiger partial charge on any atom is 0.0576 e. The van der Waals surface area contributed by atoms with Gasteiger partial charge in [-0.25, -0.2) is 0 Å². The van der Waals surface area contributed by atoms with Gasteiger partial charge in [0.1, 0.15) is 0 Å². The molecular formula is C25H21N. The lowest BCUT2D eigenvalue weighted by Crippen LogP contribution is -2.07. The fourth-order valence-electron chi connectivity index (χ4n) is 4.12. The first-order chi connectivity index (χ1) is 12.8. The van der Waals surface area contributed by atoms with Crippen molar-refractivity contribution in [3.05, 3.63) is 96.6 Å². The van der Waals surface area contributed by atoms with Gasteiger partial charge in [-0.2, -0.15) is 0 Å². The summed E-state index contributed by atoms with van der Waals surface area (Å²) in [4.78, 5) is 0. The third-order valence-corrected chi connectivity index (χ3v) is 5.38. The first-order valence-corrected chi connectivity index (χ1v) is 9.25. The van der Waals surface area contributed by atoms with Gasteiger partial charge in [-0.1, -0.05) is 90.5 Å². The van der Waals surface area contributed by atoms with Crippen LogP contribution in [0.1, 0.15) is 18.0 Å². The van der Waals surface area contributed by atoms with Crippen molar-refractivity contribution in [1.29, 1.82) is 0 Å². The van der Waals surface area contributed by atoms with Crippen LogP contribution in [-0.2, 0) is 0 Å². The van der Waals surface area contributed by atoms with Crippen molar-refractivity contribution < 1.29 is 0 Å². The molecule has 0 saturated heterocycles. The predicted octanol–water partition coefficient (Wildman–Crippen LogP) is 6.83. The van der Waals surface area contributed by atoms with Gasteiger partial charge in [0.25, 0.3) is 0 Å². The highest BCUT2D eigenvalue weighted by molar-refractivity contribution is 6.12. The van der Waals surface area contributed by atoms with Gasteiger partial charge in [0.15, 0.2) is 0 Å². The summed E-state index contributed by atoms with van der Waals surface area (Å²) >= 11 is 0. The number of allylic oxidation sites excluding steroid dienone is 4. The maximum absolute atomic E-state index is 2.53. The lowest BCUT2D eigenvalue weighted by Gasteiger charge is -2.20. The number of fused-ring (bicyclic) bond motifs is 3. The van der Waals surface area contributed by atoms with E-state index in [4.69, 9.17) is 0 Å². The zero-order chi connectivity index (χ0) is 17.5. The quantitative estimate of drug-likeness (QED) is 0.378. The number of hydrogen-bond donors (Lipinski definition) is 0. The molecule has 0 N–H and O–H groups in total. The van der Waals surface area contributed by atoms with E-state index in [1.165, 1.54) is 38.5 Å². The lowest BCUT2D eigenvalue weighted by atomic mass is 10.0. The van der Waals surface area contributed by atoms with Gasteiger partial charge < -0.3 is 4.57 Å². The minimum absolute atomic E-state index is 0.356. The van der Waals surface area contributed by atoms with Crippen molar-refractivity contribution in [2.24, 2.45) is 0 Å². The van der Waals surface area contributed by atoms with Crippen molar-refractivity contribution >= 4 is 21.8 Å². The molecule has 1 atom stereocenters. The summed E-state index contributed by atoms with van der Waals surface area (Å²) in [5.41, 5.74) is 6.53. The summed E-state index contributed by atoms with van der Waals surface area (Å²) in [6.45, 7) is 2.14. The topological polar surface area (TPSA) is 4.93 Å². The Labute approximate surface area is 153 Å². The Bertz CT molecular complexity index is 1160. The van der Waals surface area contributed by atoms with Gasteiger partial charge >= 0.3 is 0 Å². The summed E-state index contributed by atoms with van der Waals surface area (Å²) in [5, 5.41) is 2.67. The second kappa shape index (κ2) is 6.03. The molecule has 0 amide bonds. The zero-order valence-electron chi connectivity index (χ0n) is 14.9. The first kappa shape index (κ1) is 15.2. The Morgan fingerprint density at radius 2 is 1.62 bits per heavy atom. The highest BCUT2D eigenvalue weighted by Gasteiger charge is 2.19. The van der Waals surface area contributed by atoms with Crippen LogP contribution in [0.25, 0.3) is 32.9 Å². The van der Waals surface area contributed by atoms with Crippen molar-refractivity contribution in [3.8, 4) is 11.1 Å². The van der Waals surface area contributed by atoms with E-state index in [2.05, 4.69) is 103 Å². The molecule has 1 unspecified atom stereocenters. The van der Waals surface area contributed by atoms with Crippen molar-refractivity contribution in [1.82, 2.24) is 4.57 Å². The Kier molecular flexibility index (Phi) is 3.53. The van der Waals surface area contributed by atoms with Crippen LogP contribution in [0.4, 0.5) is 0 Å². The molecule has 1 aliphatic carbocycles. The fraction of sp³-hybridized carbons (Fsp3) is 0.120. The molecule has 4 aromatic rings. The molecule has 26 heavy (non-hydrogen) atoms. The molecule has 0 fully saturated rings. The molecule has 126 valence electrons. The van der Waals surface area contributed by atoms with Crippen LogP contribution in [0.3, 0.4) is 0 Å². The molecule has 1 aliphatic rings. The maximum atomic E-state index is 2.53. The van der Waals surface area contributed by atoms with Crippen molar-refractivity contribution in [2.75, 3.05) is 0 Å². The molecule has 0 bridgehead atoms. The Balaban J connectivity index is 1.89. The molecule has 3 aromatic carbocycles. The first-order valence-electron chi connectivity index (χ1n) is 9.25. The van der Waals surface area contributed by atoms with Gasteiger partial charge in [-0.05, 0) is 25.0 Å². The third kappa shape index (κ3) is 2.32. The van der Waals surface area contributed by atoms with Gasteiger partial charge in [-0.15, -0.1) is 0 Å². The van der Waals surface area contributed by atoms with Crippen molar-refractivity contribution in [3.63, 3.8) is 0 Å². The second-order valence-electron chi connectivity index (χ2n) is 7.07. The number of aryl methyl sites for hydroxylation is 1. The minimum Gasteiger partial charge on any atom is -0.333 e. The average molecular weight is 335 g/mol. The average Bonchev–Trinajstić information content (AvgIpc) is 3.04. The summed E-state index contributed by atoms with van der Waals surface area (Å²) in [7, 11) is 0. The molecule has 1 nitrogen and oxygen atoms in total. The van der Waals surface area contributed by atoms with E-state index in [9.17, 15) is 0 Å². The smallest absolute Gasteiger partial charge is 0.0576 e. The van der Waals surface area contributed by atoms with E-state index in [1.807, 2.05) is 0 Å². The Hall–Kier alpha value is -3.06. The SMILES string of the molecule is Cc1ccc(-c2cccc3c4ccccc4n(C4C=CC=CC4)c23)cc1. The van der Waals surface area contributed by atoms with Crippen LogP contribution >= 0.6 is 0 Å². The van der Waals surface area contributed by atoms with E-state index >= 15 is 0 Å². The summed E-state index contributed by atoms with van der Waals surface area (Å²) < 4.78 is 2.53. The molecule has 0 spiro atoms. The second-order valence-corrected chi connectivity index (χ2v) is 7.07. The summed E-state index contributed by atoms with van der Waals surface area (Å²) in [6.07, 6.45) is 9.93. The fourth-order valence-corrected chi connectivity index (χ4v) is 4.12. The number of aromatic nitrogens is 1. The van der Waals surface area contributed by atoms with Crippen LogP contribution in [0.15, 0.2) is 91.0 Å². The lowest BCUT2D eigenvalue weighted by molar-refractivity contribution is 0.648. The van der Waals surface area contributed by atoms with Crippen LogP contribution in [-0.4, -0.2) is 4.57 Å². The molecule has 0 saturated carbocycles. The number of benzene rings is 3. The highest BCUT2D eigenvalue weighted by atomic mass is 15.0. The molecule has 1 heterocycles.